The maximum Gasteiger partial charge on any atom is 0.387 e. The van der Waals surface area contributed by atoms with E-state index in [0.29, 0.717) is 40.2 Å². The minimum absolute atomic E-state index is 0.0869. The number of nitrogens with zero attached hydrogens (tertiary/aromatic N) is 1. The Bertz CT molecular complexity index is 950. The Morgan fingerprint density at radius 2 is 1.97 bits per heavy atom. The molecule has 0 amide bonds. The van der Waals surface area contributed by atoms with Crippen LogP contribution in [0.15, 0.2) is 30.6 Å². The van der Waals surface area contributed by atoms with Crippen molar-refractivity contribution in [3.05, 3.63) is 51.8 Å². The monoisotopic (exact) mass is 551 g/mol. The summed E-state index contributed by atoms with van der Waals surface area (Å²) in [6.45, 7) is -1.07. The second-order valence-electron chi connectivity index (χ2n) is 7.79. The molecule has 7 nitrogen and oxygen atoms in total. The molecule has 0 bridgehead atoms. The number of benzene rings is 1. The van der Waals surface area contributed by atoms with Crippen molar-refractivity contribution in [1.82, 2.24) is 5.32 Å². The highest BCUT2D eigenvalue weighted by atomic mass is 35.5. The van der Waals surface area contributed by atoms with Gasteiger partial charge in [-0.25, -0.2) is 0 Å². The van der Waals surface area contributed by atoms with Gasteiger partial charge in [-0.2, -0.15) is 8.78 Å². The summed E-state index contributed by atoms with van der Waals surface area (Å²) in [7, 11) is 1.46. The summed E-state index contributed by atoms with van der Waals surface area (Å²) >= 11 is 14.5. The van der Waals surface area contributed by atoms with Gasteiger partial charge in [0.15, 0.2) is 11.5 Å². The SMILES string of the molecule is C1CSCN1.CO[n+]1cc(Cl)c(CC(OC=O)c2ccc(OC(F)F)c(OCC3CC3)c2)c(Cl)c1. The lowest BCUT2D eigenvalue weighted by Crippen LogP contribution is -2.40. The summed E-state index contributed by atoms with van der Waals surface area (Å²) in [5.74, 6) is 2.95. The maximum absolute atomic E-state index is 12.7. The standard InChI is InChI=1S/C20H20Cl2F2NO5.C3H7NS/c1-27-25-8-15(21)14(16(22)9-25)7-18(29-11-26)13-4-5-17(30-20(23)24)19(6-13)28-10-12-2-3-12;1-2-5-3-4-1/h4-6,8-9,11-12,18,20H,2-3,7,10H2,1H3;4H,1-3H2/q+1;. The first kappa shape index (κ1) is 27.6. The zero-order valence-corrected chi connectivity index (χ0v) is 21.4. The van der Waals surface area contributed by atoms with Crippen molar-refractivity contribution in [2.75, 3.05) is 31.9 Å². The number of hydrogen-bond donors (Lipinski definition) is 1. The van der Waals surface area contributed by atoms with E-state index in [1.807, 2.05) is 11.8 Å². The van der Waals surface area contributed by atoms with Gasteiger partial charge in [0.2, 0.25) is 12.4 Å². The molecule has 2 heterocycles. The molecule has 1 N–H and O–H groups in total. The fourth-order valence-corrected chi connectivity index (χ4v) is 4.53. The van der Waals surface area contributed by atoms with E-state index in [0.717, 1.165) is 12.8 Å². The minimum Gasteiger partial charge on any atom is -0.489 e. The number of aromatic nitrogens is 1. The molecular formula is C23H27Cl2F2N2O5S+. The van der Waals surface area contributed by atoms with Gasteiger partial charge in [-0.3, -0.25) is 9.63 Å². The van der Waals surface area contributed by atoms with Crippen LogP contribution in [0, 0.1) is 5.92 Å². The largest absolute Gasteiger partial charge is 0.489 e. The molecule has 1 aliphatic heterocycles. The molecule has 12 heteroatoms. The van der Waals surface area contributed by atoms with E-state index in [1.54, 1.807) is 0 Å². The van der Waals surface area contributed by atoms with Crippen molar-refractivity contribution < 1.29 is 37.4 Å². The van der Waals surface area contributed by atoms with Gasteiger partial charge in [0.25, 0.3) is 6.47 Å². The van der Waals surface area contributed by atoms with E-state index in [1.165, 1.54) is 60.6 Å². The first-order chi connectivity index (χ1) is 16.9. The first-order valence-electron chi connectivity index (χ1n) is 10.9. The van der Waals surface area contributed by atoms with Crippen LogP contribution in [0.2, 0.25) is 10.0 Å². The first-order valence-corrected chi connectivity index (χ1v) is 12.8. The molecule has 1 aromatic carbocycles. The van der Waals surface area contributed by atoms with Crippen molar-refractivity contribution in [3.63, 3.8) is 0 Å². The predicted molar refractivity (Wildman–Crippen MR) is 129 cm³/mol. The highest BCUT2D eigenvalue weighted by Crippen LogP contribution is 2.37. The third kappa shape index (κ3) is 8.86. The van der Waals surface area contributed by atoms with Gasteiger partial charge < -0.3 is 19.5 Å². The lowest BCUT2D eigenvalue weighted by molar-refractivity contribution is -0.885. The number of halogens is 4. The fourth-order valence-electron chi connectivity index (χ4n) is 3.21. The normalized spacial score (nSPS) is 15.7. The van der Waals surface area contributed by atoms with E-state index >= 15 is 0 Å². The van der Waals surface area contributed by atoms with Crippen molar-refractivity contribution in [3.8, 4) is 11.5 Å². The lowest BCUT2D eigenvalue weighted by atomic mass is 10.0. The van der Waals surface area contributed by atoms with Crippen LogP contribution in [-0.4, -0.2) is 45.0 Å². The molecule has 0 radical (unpaired) electrons. The van der Waals surface area contributed by atoms with Crippen molar-refractivity contribution in [2.45, 2.75) is 32.0 Å². The molecule has 35 heavy (non-hydrogen) atoms. The van der Waals surface area contributed by atoms with Gasteiger partial charge in [0.05, 0.1) is 6.61 Å². The number of ether oxygens (including phenoxy) is 3. The summed E-state index contributed by atoms with van der Waals surface area (Å²) in [5, 5.41) is 3.81. The van der Waals surface area contributed by atoms with Crippen LogP contribution in [0.1, 0.15) is 30.1 Å². The van der Waals surface area contributed by atoms with Crippen LogP contribution in [0.4, 0.5) is 8.78 Å². The number of hydrogen-bond acceptors (Lipinski definition) is 7. The van der Waals surface area contributed by atoms with Crippen LogP contribution in [0.5, 0.6) is 11.5 Å². The number of carbonyl (C=O) groups excluding carboxylic acids is 1. The average molecular weight is 552 g/mol. The smallest absolute Gasteiger partial charge is 0.387 e. The minimum atomic E-state index is -2.99. The summed E-state index contributed by atoms with van der Waals surface area (Å²) in [6, 6.07) is 4.41. The highest BCUT2D eigenvalue weighted by Gasteiger charge is 2.25. The molecule has 2 fully saturated rings. The summed E-state index contributed by atoms with van der Waals surface area (Å²) in [5.41, 5.74) is 1.05. The van der Waals surface area contributed by atoms with Crippen LogP contribution < -0.4 is 24.4 Å². The molecular weight excluding hydrogens is 525 g/mol. The number of alkyl halides is 2. The van der Waals surface area contributed by atoms with Crippen LogP contribution in [0.25, 0.3) is 0 Å². The molecule has 4 rings (SSSR count). The topological polar surface area (TPSA) is 69.9 Å². The van der Waals surface area contributed by atoms with Crippen molar-refractivity contribution in [2.24, 2.45) is 5.92 Å². The van der Waals surface area contributed by atoms with E-state index in [4.69, 9.17) is 37.5 Å². The van der Waals surface area contributed by atoms with E-state index in [-0.39, 0.29) is 17.9 Å². The Morgan fingerprint density at radius 1 is 1.23 bits per heavy atom. The van der Waals surface area contributed by atoms with E-state index in [2.05, 4.69) is 10.1 Å². The van der Waals surface area contributed by atoms with Gasteiger partial charge in [-0.05, 0) is 36.5 Å². The fraction of sp³-hybridized carbons (Fsp3) is 0.478. The maximum atomic E-state index is 12.7. The number of thioether (sulfide) groups is 1. The molecule has 0 spiro atoms. The molecule has 2 aromatic rings. The Balaban J connectivity index is 0.000000607. The van der Waals surface area contributed by atoms with E-state index in [9.17, 15) is 13.6 Å². The third-order valence-electron chi connectivity index (χ3n) is 5.23. The van der Waals surface area contributed by atoms with Crippen LogP contribution in [0.3, 0.4) is 0 Å². The molecule has 1 atom stereocenters. The second-order valence-corrected chi connectivity index (χ2v) is 9.71. The van der Waals surface area contributed by atoms with Crippen LogP contribution >= 0.6 is 35.0 Å². The Kier molecular flexibility index (Phi) is 11.0. The molecule has 2 aliphatic rings. The average Bonchev–Trinajstić information content (AvgIpc) is 3.45. The molecule has 1 unspecified atom stereocenters. The predicted octanol–water partition coefficient (Wildman–Crippen LogP) is 4.47. The Labute approximate surface area is 216 Å². The number of nitrogens with one attached hydrogen (secondary N) is 1. The number of rotatable bonds is 11. The molecule has 1 aromatic heterocycles. The molecule has 1 saturated heterocycles. The van der Waals surface area contributed by atoms with Gasteiger partial charge >= 0.3 is 6.61 Å². The second kappa shape index (κ2) is 13.9. The summed E-state index contributed by atoms with van der Waals surface area (Å²) < 4.78 is 42.3. The number of carbonyl (C=O) groups is 1. The third-order valence-corrected chi connectivity index (χ3v) is 6.78. The van der Waals surface area contributed by atoms with Gasteiger partial charge in [0.1, 0.15) is 23.3 Å². The van der Waals surface area contributed by atoms with Crippen molar-refractivity contribution >= 4 is 41.4 Å². The molecule has 1 saturated carbocycles. The van der Waals surface area contributed by atoms with Gasteiger partial charge in [-0.1, -0.05) is 29.3 Å². The van der Waals surface area contributed by atoms with Gasteiger partial charge in [0, 0.05) is 34.9 Å². The van der Waals surface area contributed by atoms with Gasteiger partial charge in [-0.15, -0.1) is 11.8 Å². The molecule has 192 valence electrons. The lowest BCUT2D eigenvalue weighted by Gasteiger charge is -2.19. The molecule has 1 aliphatic carbocycles. The van der Waals surface area contributed by atoms with Crippen molar-refractivity contribution in [1.29, 1.82) is 0 Å². The number of pyridine rings is 1. The van der Waals surface area contributed by atoms with E-state index < -0.39 is 12.7 Å². The highest BCUT2D eigenvalue weighted by molar-refractivity contribution is 7.99. The Hall–Kier alpha value is -2.01. The van der Waals surface area contributed by atoms with Crippen LogP contribution in [-0.2, 0) is 16.0 Å². The zero-order valence-electron chi connectivity index (χ0n) is 19.1. The quantitative estimate of drug-likeness (QED) is 0.326. The zero-order chi connectivity index (χ0) is 25.2. The summed E-state index contributed by atoms with van der Waals surface area (Å²) in [6.07, 6.45) is 4.48. The summed E-state index contributed by atoms with van der Waals surface area (Å²) in [4.78, 5) is 16.2. The Morgan fingerprint density at radius 3 is 2.49 bits per heavy atom.